The van der Waals surface area contributed by atoms with Crippen LogP contribution >= 0.6 is 11.3 Å². The number of hydrogen-bond donors (Lipinski definition) is 1. The number of benzene rings is 1. The summed E-state index contributed by atoms with van der Waals surface area (Å²) >= 11 is 1.52. The van der Waals surface area contributed by atoms with Crippen molar-refractivity contribution in [1.29, 1.82) is 0 Å². The zero-order chi connectivity index (χ0) is 11.5. The van der Waals surface area contributed by atoms with E-state index in [1.165, 1.54) is 17.4 Å². The van der Waals surface area contributed by atoms with E-state index in [-0.39, 0.29) is 11.9 Å². The van der Waals surface area contributed by atoms with Gasteiger partial charge in [-0.05, 0) is 18.6 Å². The van der Waals surface area contributed by atoms with E-state index < -0.39 is 0 Å². The molecule has 0 aliphatic rings. The number of nitrogens with zero attached hydrogens (tertiary/aromatic N) is 1. The monoisotopic (exact) mass is 236 g/mol. The Balaban J connectivity index is 2.18. The topological polar surface area (TPSA) is 38.9 Å². The van der Waals surface area contributed by atoms with Crippen molar-refractivity contribution in [3.05, 3.63) is 51.7 Å². The minimum absolute atomic E-state index is 0.0642. The quantitative estimate of drug-likeness (QED) is 0.890. The molecule has 1 aromatic carbocycles. The van der Waals surface area contributed by atoms with Gasteiger partial charge in [0.25, 0.3) is 0 Å². The molecule has 0 saturated heterocycles. The van der Waals surface area contributed by atoms with Gasteiger partial charge in [0.05, 0.1) is 10.7 Å². The van der Waals surface area contributed by atoms with Gasteiger partial charge in [0, 0.05) is 17.8 Å². The third-order valence-corrected chi connectivity index (χ3v) is 3.20. The van der Waals surface area contributed by atoms with Crippen LogP contribution in [-0.4, -0.2) is 4.98 Å². The fourth-order valence-electron chi connectivity index (χ4n) is 1.42. The van der Waals surface area contributed by atoms with Crippen LogP contribution in [0.25, 0.3) is 0 Å². The third kappa shape index (κ3) is 2.46. The molecule has 4 heteroatoms. The predicted molar refractivity (Wildman–Crippen MR) is 63.9 cm³/mol. The molecule has 0 aliphatic heterocycles. The van der Waals surface area contributed by atoms with Crippen molar-refractivity contribution in [3.8, 4) is 0 Å². The summed E-state index contributed by atoms with van der Waals surface area (Å²) in [6.07, 6.45) is 0.532. The van der Waals surface area contributed by atoms with Crippen LogP contribution in [0.4, 0.5) is 4.39 Å². The largest absolute Gasteiger partial charge is 0.323 e. The Bertz CT molecular complexity index is 479. The summed E-state index contributed by atoms with van der Waals surface area (Å²) in [6.45, 7) is 1.89. The molecule has 0 aliphatic carbocycles. The standard InChI is InChI=1S/C12H13FN2S/c1-8(14)11-7-16-12(15-11)6-9-4-2-3-5-10(9)13/h2-5,7-8H,6,14H2,1H3. The molecule has 1 heterocycles. The maximum Gasteiger partial charge on any atom is 0.126 e. The molecule has 2 N–H and O–H groups in total. The molecule has 0 saturated carbocycles. The first-order valence-electron chi connectivity index (χ1n) is 5.10. The van der Waals surface area contributed by atoms with Crippen molar-refractivity contribution in [2.24, 2.45) is 5.73 Å². The van der Waals surface area contributed by atoms with Gasteiger partial charge in [-0.3, -0.25) is 0 Å². The number of nitrogens with two attached hydrogens (primary N) is 1. The summed E-state index contributed by atoms with van der Waals surface area (Å²) in [7, 11) is 0. The Morgan fingerprint density at radius 1 is 1.44 bits per heavy atom. The lowest BCUT2D eigenvalue weighted by Crippen LogP contribution is -2.05. The molecule has 0 bridgehead atoms. The van der Waals surface area contributed by atoms with Crippen LogP contribution in [0.15, 0.2) is 29.6 Å². The molecule has 0 spiro atoms. The van der Waals surface area contributed by atoms with Crippen molar-refractivity contribution in [2.75, 3.05) is 0 Å². The van der Waals surface area contributed by atoms with Gasteiger partial charge in [0.15, 0.2) is 0 Å². The van der Waals surface area contributed by atoms with Crippen molar-refractivity contribution in [3.63, 3.8) is 0 Å². The highest BCUT2D eigenvalue weighted by Crippen LogP contribution is 2.19. The molecule has 0 amide bonds. The average molecular weight is 236 g/mol. The van der Waals surface area contributed by atoms with Gasteiger partial charge >= 0.3 is 0 Å². The van der Waals surface area contributed by atoms with Crippen LogP contribution < -0.4 is 5.73 Å². The second-order valence-corrected chi connectivity index (χ2v) is 4.67. The Kier molecular flexibility index (Phi) is 3.31. The molecular formula is C12H13FN2S. The third-order valence-electron chi connectivity index (χ3n) is 2.34. The summed E-state index contributed by atoms with van der Waals surface area (Å²) < 4.78 is 13.4. The molecule has 2 nitrogen and oxygen atoms in total. The first-order valence-corrected chi connectivity index (χ1v) is 5.98. The van der Waals surface area contributed by atoms with E-state index >= 15 is 0 Å². The number of hydrogen-bond acceptors (Lipinski definition) is 3. The predicted octanol–water partition coefficient (Wildman–Crippen LogP) is 2.89. The normalized spacial score (nSPS) is 12.7. The van der Waals surface area contributed by atoms with Gasteiger partial charge in [-0.25, -0.2) is 9.37 Å². The van der Waals surface area contributed by atoms with E-state index in [9.17, 15) is 4.39 Å². The van der Waals surface area contributed by atoms with Crippen molar-refractivity contribution >= 4 is 11.3 Å². The summed E-state index contributed by atoms with van der Waals surface area (Å²) in [5.41, 5.74) is 7.27. The van der Waals surface area contributed by atoms with Crippen LogP contribution in [0, 0.1) is 5.82 Å². The van der Waals surface area contributed by atoms with E-state index in [0.29, 0.717) is 12.0 Å². The highest BCUT2D eigenvalue weighted by Gasteiger charge is 2.08. The zero-order valence-corrected chi connectivity index (χ0v) is 9.80. The van der Waals surface area contributed by atoms with E-state index in [1.807, 2.05) is 18.4 Å². The van der Waals surface area contributed by atoms with Crippen LogP contribution in [0.3, 0.4) is 0 Å². The highest BCUT2D eigenvalue weighted by molar-refractivity contribution is 7.09. The highest BCUT2D eigenvalue weighted by atomic mass is 32.1. The minimum atomic E-state index is -0.181. The molecular weight excluding hydrogens is 223 g/mol. The Morgan fingerprint density at radius 2 is 2.19 bits per heavy atom. The van der Waals surface area contributed by atoms with Gasteiger partial charge in [-0.2, -0.15) is 0 Å². The van der Waals surface area contributed by atoms with E-state index in [0.717, 1.165) is 10.7 Å². The fraction of sp³-hybridized carbons (Fsp3) is 0.250. The van der Waals surface area contributed by atoms with Gasteiger partial charge in [0.2, 0.25) is 0 Å². The molecule has 1 aromatic heterocycles. The lowest BCUT2D eigenvalue weighted by molar-refractivity contribution is 0.613. The minimum Gasteiger partial charge on any atom is -0.323 e. The maximum atomic E-state index is 13.4. The SMILES string of the molecule is CC(N)c1csc(Cc2ccccc2F)n1. The van der Waals surface area contributed by atoms with E-state index in [4.69, 9.17) is 5.73 Å². The molecule has 0 fully saturated rings. The number of thiazole rings is 1. The lowest BCUT2D eigenvalue weighted by atomic mass is 10.1. The van der Waals surface area contributed by atoms with Gasteiger partial charge in [-0.1, -0.05) is 18.2 Å². The van der Waals surface area contributed by atoms with Crippen LogP contribution in [-0.2, 0) is 6.42 Å². The fourth-order valence-corrected chi connectivity index (χ4v) is 2.34. The molecule has 0 radical (unpaired) electrons. The van der Waals surface area contributed by atoms with E-state index in [2.05, 4.69) is 4.98 Å². The van der Waals surface area contributed by atoms with Crippen molar-refractivity contribution in [2.45, 2.75) is 19.4 Å². The summed E-state index contributed by atoms with van der Waals surface area (Å²) in [5, 5.41) is 2.83. The van der Waals surface area contributed by atoms with Gasteiger partial charge in [-0.15, -0.1) is 11.3 Å². The maximum absolute atomic E-state index is 13.4. The van der Waals surface area contributed by atoms with Crippen molar-refractivity contribution < 1.29 is 4.39 Å². The molecule has 2 aromatic rings. The summed E-state index contributed by atoms with van der Waals surface area (Å²) in [4.78, 5) is 4.37. The zero-order valence-electron chi connectivity index (χ0n) is 8.98. The summed E-state index contributed by atoms with van der Waals surface area (Å²) in [5.74, 6) is -0.181. The Morgan fingerprint density at radius 3 is 2.81 bits per heavy atom. The molecule has 1 atom stereocenters. The summed E-state index contributed by atoms with van der Waals surface area (Å²) in [6, 6.07) is 6.70. The number of halogens is 1. The van der Waals surface area contributed by atoms with Gasteiger partial charge in [0.1, 0.15) is 5.82 Å². The molecule has 2 rings (SSSR count). The van der Waals surface area contributed by atoms with Crippen molar-refractivity contribution in [1.82, 2.24) is 4.98 Å². The van der Waals surface area contributed by atoms with Crippen LogP contribution in [0.5, 0.6) is 0 Å². The molecule has 16 heavy (non-hydrogen) atoms. The number of rotatable bonds is 3. The average Bonchev–Trinajstić information content (AvgIpc) is 2.70. The van der Waals surface area contributed by atoms with E-state index in [1.54, 1.807) is 12.1 Å². The van der Waals surface area contributed by atoms with Crippen LogP contribution in [0.2, 0.25) is 0 Å². The Hall–Kier alpha value is -1.26. The molecule has 1 unspecified atom stereocenters. The Labute approximate surface area is 97.9 Å². The smallest absolute Gasteiger partial charge is 0.126 e. The van der Waals surface area contributed by atoms with Crippen LogP contribution in [0.1, 0.15) is 29.2 Å². The second kappa shape index (κ2) is 4.72. The first kappa shape index (κ1) is 11.2. The second-order valence-electron chi connectivity index (χ2n) is 3.72. The first-order chi connectivity index (χ1) is 7.66. The van der Waals surface area contributed by atoms with Gasteiger partial charge < -0.3 is 5.73 Å². The molecule has 84 valence electrons. The lowest BCUT2D eigenvalue weighted by Gasteiger charge is -2.00. The number of aromatic nitrogens is 1.